The Kier molecular flexibility index (Phi) is 41.0. The van der Waals surface area contributed by atoms with Gasteiger partial charge in [0.1, 0.15) is 12.2 Å². The maximum Gasteiger partial charge on any atom is 0.472 e. The first kappa shape index (κ1) is 55.2. The van der Waals surface area contributed by atoms with Gasteiger partial charge in [-0.15, -0.1) is 0 Å². The third kappa shape index (κ3) is 40.7. The van der Waals surface area contributed by atoms with Gasteiger partial charge in [-0.1, -0.05) is 179 Å². The maximum absolute atomic E-state index is 12.4. The van der Waals surface area contributed by atoms with E-state index in [1.807, 2.05) is 0 Å². The van der Waals surface area contributed by atoms with Gasteiger partial charge >= 0.3 is 19.8 Å². The van der Waals surface area contributed by atoms with Crippen molar-refractivity contribution in [2.75, 3.05) is 26.4 Å². The van der Waals surface area contributed by atoms with Crippen LogP contribution < -0.4 is 0 Å². The minimum atomic E-state index is -4.64. The smallest absolute Gasteiger partial charge is 0.457 e. The van der Waals surface area contributed by atoms with E-state index in [9.17, 15) is 29.3 Å². The summed E-state index contributed by atoms with van der Waals surface area (Å²) in [6.07, 6.45) is 43.9. The van der Waals surface area contributed by atoms with Crippen molar-refractivity contribution in [3.05, 3.63) is 36.5 Å². The van der Waals surface area contributed by atoms with E-state index in [1.165, 1.54) is 96.3 Å². The minimum Gasteiger partial charge on any atom is -0.457 e. The molecule has 0 saturated carbocycles. The van der Waals surface area contributed by atoms with Crippen LogP contribution in [0.5, 0.6) is 0 Å². The molecule has 0 heterocycles. The molecule has 0 radical (unpaired) electrons. The zero-order chi connectivity index (χ0) is 41.9. The number of phosphoric acid groups is 1. The molecule has 57 heavy (non-hydrogen) atoms. The molecule has 0 bridgehead atoms. The minimum absolute atomic E-state index is 0.178. The number of hydrogen-bond donors (Lipinski definition) is 3. The Balaban J connectivity index is 3.91. The van der Waals surface area contributed by atoms with Gasteiger partial charge in [-0.2, -0.15) is 0 Å². The molecule has 0 aliphatic carbocycles. The summed E-state index contributed by atoms with van der Waals surface area (Å²) in [6.45, 7) is 2.19. The lowest BCUT2D eigenvalue weighted by atomic mass is 10.0. The first-order chi connectivity index (χ1) is 27.8. The summed E-state index contributed by atoms with van der Waals surface area (Å²) in [5.74, 6) is -1.03. The number of unbranched alkanes of at least 4 members (excludes halogenated alkanes) is 23. The lowest BCUT2D eigenvalue weighted by Crippen LogP contribution is -2.28. The summed E-state index contributed by atoms with van der Waals surface area (Å²) in [5, 5.41) is 19.2. The highest BCUT2D eigenvalue weighted by Gasteiger charge is 2.27. The van der Waals surface area contributed by atoms with E-state index in [0.29, 0.717) is 12.8 Å². The second kappa shape index (κ2) is 42.3. The molecule has 0 aromatic rings. The van der Waals surface area contributed by atoms with Crippen molar-refractivity contribution in [1.82, 2.24) is 0 Å². The van der Waals surface area contributed by atoms with E-state index >= 15 is 0 Å². The highest BCUT2D eigenvalue weighted by molar-refractivity contribution is 7.47. The second-order valence-electron chi connectivity index (χ2n) is 15.4. The highest BCUT2D eigenvalue weighted by Crippen LogP contribution is 2.43. The third-order valence-corrected chi connectivity index (χ3v) is 10.8. The van der Waals surface area contributed by atoms with Crippen LogP contribution in [0.3, 0.4) is 0 Å². The second-order valence-corrected chi connectivity index (χ2v) is 16.8. The van der Waals surface area contributed by atoms with Crippen molar-refractivity contribution in [2.45, 2.75) is 219 Å². The van der Waals surface area contributed by atoms with E-state index in [0.717, 1.165) is 70.6 Å². The van der Waals surface area contributed by atoms with Crippen LogP contribution in [0.4, 0.5) is 0 Å². The summed E-state index contributed by atoms with van der Waals surface area (Å²) in [6, 6.07) is 0. The predicted molar refractivity (Wildman–Crippen MR) is 233 cm³/mol. The molecule has 0 fully saturated rings. The number of esters is 2. The van der Waals surface area contributed by atoms with Crippen molar-refractivity contribution < 1.29 is 47.8 Å². The zero-order valence-corrected chi connectivity index (χ0v) is 37.2. The molecule has 0 aromatic carbocycles. The Morgan fingerprint density at radius 1 is 0.474 bits per heavy atom. The lowest BCUT2D eigenvalue weighted by Gasteiger charge is -2.20. The van der Waals surface area contributed by atoms with Crippen LogP contribution >= 0.6 is 7.82 Å². The van der Waals surface area contributed by atoms with Crippen LogP contribution in [0.25, 0.3) is 0 Å². The number of rotatable bonds is 43. The Morgan fingerprint density at radius 3 is 1.14 bits per heavy atom. The average molecular weight is 829 g/mol. The van der Waals surface area contributed by atoms with Crippen molar-refractivity contribution in [1.29, 1.82) is 0 Å². The van der Waals surface area contributed by atoms with Gasteiger partial charge < -0.3 is 24.6 Å². The van der Waals surface area contributed by atoms with Crippen LogP contribution in [0.1, 0.15) is 206 Å². The Bertz CT molecular complexity index is 1050. The van der Waals surface area contributed by atoms with E-state index < -0.39 is 58.4 Å². The fourth-order valence-corrected chi connectivity index (χ4v) is 7.08. The molecular weight excluding hydrogens is 743 g/mol. The van der Waals surface area contributed by atoms with Crippen molar-refractivity contribution in [2.24, 2.45) is 0 Å². The van der Waals surface area contributed by atoms with Gasteiger partial charge in [0.25, 0.3) is 0 Å². The molecule has 0 aliphatic heterocycles. The molecule has 0 aliphatic rings. The van der Waals surface area contributed by atoms with Gasteiger partial charge in [0.05, 0.1) is 26.4 Å². The van der Waals surface area contributed by atoms with Gasteiger partial charge in [-0.25, -0.2) is 4.57 Å². The molecule has 3 atom stereocenters. The molecule has 0 spiro atoms. The van der Waals surface area contributed by atoms with Crippen LogP contribution in [-0.4, -0.2) is 65.7 Å². The number of hydrogen-bond acceptors (Lipinski definition) is 9. The first-order valence-electron chi connectivity index (χ1n) is 22.9. The molecule has 334 valence electrons. The number of ether oxygens (including phenoxy) is 2. The molecule has 0 rings (SSSR count). The van der Waals surface area contributed by atoms with Crippen molar-refractivity contribution in [3.63, 3.8) is 0 Å². The lowest BCUT2D eigenvalue weighted by molar-refractivity contribution is -0.153. The van der Waals surface area contributed by atoms with Gasteiger partial charge in [0.15, 0.2) is 0 Å². The van der Waals surface area contributed by atoms with Gasteiger partial charge in [0, 0.05) is 12.8 Å². The van der Waals surface area contributed by atoms with Crippen LogP contribution in [-0.2, 0) is 32.7 Å². The third-order valence-electron chi connectivity index (χ3n) is 9.86. The first-order valence-corrected chi connectivity index (χ1v) is 24.4. The number of aliphatic hydroxyl groups excluding tert-OH is 2. The summed E-state index contributed by atoms with van der Waals surface area (Å²) in [7, 11) is -4.64. The molecule has 0 aromatic heterocycles. The predicted octanol–water partition coefficient (Wildman–Crippen LogP) is 12.3. The van der Waals surface area contributed by atoms with Crippen LogP contribution in [0, 0.1) is 0 Å². The quantitative estimate of drug-likeness (QED) is 0.0235. The highest BCUT2D eigenvalue weighted by atomic mass is 31.2. The van der Waals surface area contributed by atoms with Crippen LogP contribution in [0.2, 0.25) is 0 Å². The number of phosphoric ester groups is 1. The number of carbonyl (C=O) groups is 2. The Labute approximate surface area is 348 Å². The van der Waals surface area contributed by atoms with Gasteiger partial charge in [-0.05, 0) is 51.4 Å². The molecule has 3 unspecified atom stereocenters. The maximum atomic E-state index is 12.4. The standard InChI is InChI=1S/C46H85O10P/c1-3-5-7-9-11-13-15-17-19-20-21-22-24-26-28-30-32-34-36-38-46(50)56-44(40-48)42-54-57(51,52)53-41-43(39-47)55-45(49)37-35-33-31-29-27-25-23-18-16-14-12-10-8-6-4-2/h11,13,17,19,21-22,43-44,47-48H,3-10,12,14-16,18,20,23-42H2,1-2H3,(H,51,52)/b13-11-,19-17-,22-21-. The number of aliphatic hydroxyl groups is 2. The van der Waals surface area contributed by atoms with Crippen LogP contribution in [0.15, 0.2) is 36.5 Å². The zero-order valence-electron chi connectivity index (χ0n) is 36.3. The average Bonchev–Trinajstić information content (AvgIpc) is 3.20. The molecule has 10 nitrogen and oxygen atoms in total. The van der Waals surface area contributed by atoms with E-state index in [-0.39, 0.29) is 12.8 Å². The Hall–Kier alpha value is -1.81. The van der Waals surface area contributed by atoms with Crippen molar-refractivity contribution >= 4 is 19.8 Å². The monoisotopic (exact) mass is 829 g/mol. The summed E-state index contributed by atoms with van der Waals surface area (Å²) in [5.41, 5.74) is 0. The molecule has 0 amide bonds. The molecule has 3 N–H and O–H groups in total. The normalized spacial score (nSPS) is 14.1. The summed E-state index contributed by atoms with van der Waals surface area (Å²) in [4.78, 5) is 34.6. The van der Waals surface area contributed by atoms with Gasteiger partial charge in [-0.3, -0.25) is 18.6 Å². The molecular formula is C46H85O10P. The topological polar surface area (TPSA) is 149 Å². The number of allylic oxidation sites excluding steroid dienone is 6. The van der Waals surface area contributed by atoms with E-state index in [1.54, 1.807) is 0 Å². The number of carbonyl (C=O) groups excluding carboxylic acids is 2. The molecule has 0 saturated heterocycles. The van der Waals surface area contributed by atoms with E-state index in [2.05, 4.69) is 50.3 Å². The summed E-state index contributed by atoms with van der Waals surface area (Å²) < 4.78 is 32.6. The Morgan fingerprint density at radius 2 is 0.772 bits per heavy atom. The molecule has 11 heteroatoms. The largest absolute Gasteiger partial charge is 0.472 e. The van der Waals surface area contributed by atoms with Crippen molar-refractivity contribution in [3.8, 4) is 0 Å². The van der Waals surface area contributed by atoms with Gasteiger partial charge in [0.2, 0.25) is 0 Å². The fraction of sp³-hybridized carbons (Fsp3) is 0.826. The summed E-state index contributed by atoms with van der Waals surface area (Å²) >= 11 is 0. The SMILES string of the molecule is CCCCC/C=C\C/C=C\C/C=C\CCCCCCCCC(=O)OC(CO)COP(=O)(O)OCC(CO)OC(=O)CCCCCCCCCCCCCCCCC. The van der Waals surface area contributed by atoms with E-state index in [4.69, 9.17) is 18.5 Å². The fourth-order valence-electron chi connectivity index (χ4n) is 6.30.